The molecule has 0 spiro atoms. The van der Waals surface area contributed by atoms with E-state index in [1.165, 1.54) is 32.2 Å². The van der Waals surface area contributed by atoms with E-state index in [2.05, 4.69) is 18.7 Å². The first-order valence-corrected chi connectivity index (χ1v) is 7.07. The fraction of sp³-hybridized carbons (Fsp3) is 0.929. The Bertz CT molecular complexity index is 273. The molecule has 0 aromatic carbocycles. The third kappa shape index (κ3) is 3.21. The standard InChI is InChI=1S/C14H25NO2/c1-10(2)14-11(9-13(16)17)5-3-4-8-15(14)12-6-7-12/h10-12,14H,3-9H2,1-2H3,(H,16,17)/t11-,14-/m1/s1. The molecule has 0 bridgehead atoms. The van der Waals surface area contributed by atoms with Gasteiger partial charge in [0.1, 0.15) is 0 Å². The summed E-state index contributed by atoms with van der Waals surface area (Å²) in [6.45, 7) is 5.68. The van der Waals surface area contributed by atoms with E-state index in [4.69, 9.17) is 5.11 Å². The molecule has 1 aliphatic heterocycles. The van der Waals surface area contributed by atoms with Crippen molar-refractivity contribution in [1.29, 1.82) is 0 Å². The van der Waals surface area contributed by atoms with E-state index < -0.39 is 5.97 Å². The number of rotatable bonds is 4. The highest BCUT2D eigenvalue weighted by Crippen LogP contribution is 2.38. The second-order valence-electron chi connectivity index (χ2n) is 6.06. The van der Waals surface area contributed by atoms with Gasteiger partial charge in [-0.2, -0.15) is 0 Å². The van der Waals surface area contributed by atoms with Crippen molar-refractivity contribution in [1.82, 2.24) is 4.90 Å². The van der Waals surface area contributed by atoms with Crippen LogP contribution in [-0.2, 0) is 4.79 Å². The van der Waals surface area contributed by atoms with Gasteiger partial charge in [0.2, 0.25) is 0 Å². The maximum atomic E-state index is 11.0. The molecule has 1 heterocycles. The molecule has 0 unspecified atom stereocenters. The largest absolute Gasteiger partial charge is 0.481 e. The summed E-state index contributed by atoms with van der Waals surface area (Å²) < 4.78 is 0. The zero-order chi connectivity index (χ0) is 12.4. The number of nitrogens with zero attached hydrogens (tertiary/aromatic N) is 1. The Morgan fingerprint density at radius 3 is 2.53 bits per heavy atom. The predicted octanol–water partition coefficient (Wildman–Crippen LogP) is 2.75. The number of carbonyl (C=O) groups is 1. The van der Waals surface area contributed by atoms with Crippen LogP contribution in [0.3, 0.4) is 0 Å². The predicted molar refractivity (Wildman–Crippen MR) is 67.9 cm³/mol. The molecule has 2 atom stereocenters. The van der Waals surface area contributed by atoms with Gasteiger partial charge < -0.3 is 5.11 Å². The molecule has 0 aromatic heterocycles. The van der Waals surface area contributed by atoms with Crippen molar-refractivity contribution in [2.45, 2.75) is 64.5 Å². The van der Waals surface area contributed by atoms with Crippen LogP contribution >= 0.6 is 0 Å². The first-order valence-electron chi connectivity index (χ1n) is 7.07. The average Bonchev–Trinajstić information content (AvgIpc) is 3.00. The summed E-state index contributed by atoms with van der Waals surface area (Å²) in [6.07, 6.45) is 6.54. The number of carboxylic acid groups (broad SMARTS) is 1. The van der Waals surface area contributed by atoms with Crippen LogP contribution < -0.4 is 0 Å². The van der Waals surface area contributed by atoms with Gasteiger partial charge in [-0.15, -0.1) is 0 Å². The minimum atomic E-state index is -0.627. The molecule has 3 nitrogen and oxygen atoms in total. The van der Waals surface area contributed by atoms with Gasteiger partial charge in [-0.1, -0.05) is 20.3 Å². The van der Waals surface area contributed by atoms with Crippen LogP contribution in [0, 0.1) is 11.8 Å². The number of hydrogen-bond donors (Lipinski definition) is 1. The van der Waals surface area contributed by atoms with Gasteiger partial charge in [0.25, 0.3) is 0 Å². The highest BCUT2D eigenvalue weighted by molar-refractivity contribution is 5.67. The minimum absolute atomic E-state index is 0.353. The molecule has 1 saturated carbocycles. The van der Waals surface area contributed by atoms with E-state index in [1.807, 2.05) is 0 Å². The Balaban J connectivity index is 2.12. The lowest BCUT2D eigenvalue weighted by molar-refractivity contribution is -0.138. The number of likely N-dealkylation sites (tertiary alicyclic amines) is 1. The van der Waals surface area contributed by atoms with Gasteiger partial charge >= 0.3 is 5.97 Å². The van der Waals surface area contributed by atoms with Gasteiger partial charge in [0.05, 0.1) is 0 Å². The first-order chi connectivity index (χ1) is 8.09. The SMILES string of the molecule is CC(C)[C@@H]1[C@@H](CC(=O)O)CCCCN1C1CC1. The zero-order valence-corrected chi connectivity index (χ0v) is 11.1. The lowest BCUT2D eigenvalue weighted by Gasteiger charge is -2.37. The molecule has 2 rings (SSSR count). The van der Waals surface area contributed by atoms with Crippen LogP contribution in [0.4, 0.5) is 0 Å². The molecular formula is C14H25NO2. The van der Waals surface area contributed by atoms with E-state index in [0.717, 1.165) is 12.5 Å². The topological polar surface area (TPSA) is 40.5 Å². The molecular weight excluding hydrogens is 214 g/mol. The zero-order valence-electron chi connectivity index (χ0n) is 11.1. The van der Waals surface area contributed by atoms with Crippen molar-refractivity contribution in [2.24, 2.45) is 11.8 Å². The second-order valence-corrected chi connectivity index (χ2v) is 6.06. The summed E-state index contributed by atoms with van der Waals surface area (Å²) in [4.78, 5) is 13.7. The van der Waals surface area contributed by atoms with Crippen molar-refractivity contribution in [3.63, 3.8) is 0 Å². The molecule has 2 fully saturated rings. The number of hydrogen-bond acceptors (Lipinski definition) is 2. The Labute approximate surface area is 104 Å². The Kier molecular flexibility index (Phi) is 4.08. The quantitative estimate of drug-likeness (QED) is 0.820. The summed E-state index contributed by atoms with van der Waals surface area (Å²) in [7, 11) is 0. The first kappa shape index (κ1) is 12.9. The third-order valence-electron chi connectivity index (χ3n) is 4.24. The molecule has 1 saturated heterocycles. The van der Waals surface area contributed by atoms with E-state index in [1.54, 1.807) is 0 Å². The molecule has 3 heteroatoms. The Hall–Kier alpha value is -0.570. The molecule has 1 aliphatic carbocycles. The normalized spacial score (nSPS) is 31.5. The molecule has 0 aromatic rings. The Morgan fingerprint density at radius 1 is 1.29 bits per heavy atom. The average molecular weight is 239 g/mol. The maximum absolute atomic E-state index is 11.0. The summed E-state index contributed by atoms with van der Waals surface area (Å²) in [5, 5.41) is 9.08. The van der Waals surface area contributed by atoms with Crippen molar-refractivity contribution in [3.8, 4) is 0 Å². The third-order valence-corrected chi connectivity index (χ3v) is 4.24. The van der Waals surface area contributed by atoms with E-state index >= 15 is 0 Å². The lowest BCUT2D eigenvalue weighted by atomic mass is 9.84. The van der Waals surface area contributed by atoms with Crippen molar-refractivity contribution in [2.75, 3.05) is 6.54 Å². The molecule has 17 heavy (non-hydrogen) atoms. The summed E-state index contributed by atoms with van der Waals surface area (Å²) >= 11 is 0. The Morgan fingerprint density at radius 2 is 2.00 bits per heavy atom. The van der Waals surface area contributed by atoms with Gasteiger partial charge in [-0.25, -0.2) is 0 Å². The van der Waals surface area contributed by atoms with Gasteiger partial charge in [0.15, 0.2) is 0 Å². The summed E-state index contributed by atoms with van der Waals surface area (Å²) in [5.74, 6) is 0.298. The number of aliphatic carboxylic acids is 1. The monoisotopic (exact) mass is 239 g/mol. The number of carboxylic acids is 1. The van der Waals surface area contributed by atoms with E-state index in [9.17, 15) is 4.79 Å². The van der Waals surface area contributed by atoms with Crippen LogP contribution in [0.1, 0.15) is 52.4 Å². The van der Waals surface area contributed by atoms with Crippen molar-refractivity contribution >= 4 is 5.97 Å². The minimum Gasteiger partial charge on any atom is -0.481 e. The second kappa shape index (κ2) is 5.38. The van der Waals surface area contributed by atoms with Crippen LogP contribution in [0.5, 0.6) is 0 Å². The van der Waals surface area contributed by atoms with Crippen LogP contribution in [0.15, 0.2) is 0 Å². The molecule has 2 aliphatic rings. The smallest absolute Gasteiger partial charge is 0.303 e. The lowest BCUT2D eigenvalue weighted by Crippen LogP contribution is -2.45. The van der Waals surface area contributed by atoms with E-state index in [0.29, 0.717) is 24.3 Å². The fourth-order valence-corrected chi connectivity index (χ4v) is 3.50. The van der Waals surface area contributed by atoms with Crippen LogP contribution in [0.2, 0.25) is 0 Å². The van der Waals surface area contributed by atoms with E-state index in [-0.39, 0.29) is 0 Å². The van der Waals surface area contributed by atoms with Crippen LogP contribution in [-0.4, -0.2) is 34.6 Å². The fourth-order valence-electron chi connectivity index (χ4n) is 3.50. The maximum Gasteiger partial charge on any atom is 0.303 e. The molecule has 98 valence electrons. The van der Waals surface area contributed by atoms with Crippen molar-refractivity contribution in [3.05, 3.63) is 0 Å². The molecule has 0 radical (unpaired) electrons. The highest BCUT2D eigenvalue weighted by atomic mass is 16.4. The van der Waals surface area contributed by atoms with Crippen LogP contribution in [0.25, 0.3) is 0 Å². The van der Waals surface area contributed by atoms with Crippen molar-refractivity contribution < 1.29 is 9.90 Å². The van der Waals surface area contributed by atoms with Gasteiger partial charge in [-0.05, 0) is 44.1 Å². The summed E-state index contributed by atoms with van der Waals surface area (Å²) in [5.41, 5.74) is 0. The molecule has 0 amide bonds. The van der Waals surface area contributed by atoms with Gasteiger partial charge in [-0.3, -0.25) is 9.69 Å². The summed E-state index contributed by atoms with van der Waals surface area (Å²) in [6, 6.07) is 1.25. The molecule has 1 N–H and O–H groups in total. The van der Waals surface area contributed by atoms with Gasteiger partial charge in [0, 0.05) is 18.5 Å². The highest BCUT2D eigenvalue weighted by Gasteiger charge is 2.40.